The van der Waals surface area contributed by atoms with Gasteiger partial charge in [-0.05, 0) is 36.4 Å². The molecule has 10 nitrogen and oxygen atoms in total. The van der Waals surface area contributed by atoms with Gasteiger partial charge in [0.2, 0.25) is 0 Å². The highest BCUT2D eigenvalue weighted by molar-refractivity contribution is 6.04. The first-order valence-corrected chi connectivity index (χ1v) is 14.3. The van der Waals surface area contributed by atoms with E-state index in [0.29, 0.717) is 24.3 Å². The molecule has 0 radical (unpaired) electrons. The number of hydrogen-bond acceptors (Lipinski definition) is 6. The van der Waals surface area contributed by atoms with E-state index in [4.69, 9.17) is 9.47 Å². The van der Waals surface area contributed by atoms with Crippen LogP contribution in [0.5, 0.6) is 11.5 Å². The van der Waals surface area contributed by atoms with Crippen LogP contribution in [-0.2, 0) is 12.4 Å². The van der Waals surface area contributed by atoms with Crippen LogP contribution in [0.2, 0.25) is 0 Å². The van der Waals surface area contributed by atoms with Gasteiger partial charge in [-0.25, -0.2) is 19.2 Å². The van der Waals surface area contributed by atoms with Gasteiger partial charge in [-0.3, -0.25) is 0 Å². The monoisotopic (exact) mass is 790 g/mol. The van der Waals surface area contributed by atoms with Gasteiger partial charge in [0.25, 0.3) is 0 Å². The summed E-state index contributed by atoms with van der Waals surface area (Å²) in [4.78, 5) is 46.3. The van der Waals surface area contributed by atoms with E-state index in [0.717, 1.165) is 0 Å². The normalized spacial score (nSPS) is 20.5. The molecule has 2 aliphatic carbocycles. The number of aromatic carboxylic acids is 4. The molecule has 0 amide bonds. The van der Waals surface area contributed by atoms with E-state index >= 15 is 26.3 Å². The van der Waals surface area contributed by atoms with Gasteiger partial charge in [-0.15, -0.1) is 0 Å². The van der Waals surface area contributed by atoms with Crippen LogP contribution in [-0.4, -0.2) is 56.7 Å². The molecule has 0 heterocycles. The molecule has 0 saturated carbocycles. The number of hydrogen-bond donors (Lipinski definition) is 4. The van der Waals surface area contributed by atoms with E-state index in [1.165, 1.54) is 0 Å². The molecule has 22 heteroatoms. The Morgan fingerprint density at radius 3 is 1.07 bits per heavy atom. The number of ether oxygens (including phenoxy) is 2. The van der Waals surface area contributed by atoms with Crippen LogP contribution in [0, 0.1) is 10.8 Å². The molecule has 54 heavy (non-hydrogen) atoms. The molecule has 290 valence electrons. The summed E-state index contributed by atoms with van der Waals surface area (Å²) < 4.78 is 183. The van der Waals surface area contributed by atoms with E-state index in [1.54, 1.807) is 0 Å². The summed E-state index contributed by atoms with van der Waals surface area (Å²) in [5.74, 6) is -14.1. The first-order chi connectivity index (χ1) is 24.6. The first kappa shape index (κ1) is 40.8. The second-order valence-corrected chi connectivity index (χ2v) is 11.5. The Morgan fingerprint density at radius 2 is 0.833 bits per heavy atom. The number of carboxylic acids is 4. The van der Waals surface area contributed by atoms with Crippen LogP contribution in [0.3, 0.4) is 0 Å². The molecule has 0 spiro atoms. The second-order valence-electron chi connectivity index (χ2n) is 11.5. The molecule has 4 rings (SSSR count). The lowest BCUT2D eigenvalue weighted by Gasteiger charge is -2.50. The lowest BCUT2D eigenvalue weighted by atomic mass is 9.56. The van der Waals surface area contributed by atoms with Crippen molar-refractivity contribution >= 4 is 23.9 Å². The van der Waals surface area contributed by atoms with Crippen molar-refractivity contribution in [3.8, 4) is 11.5 Å². The SMILES string of the molecule is O=C(O)c1cc(OC2=CC=CC(C(F)(F)F)(C3(C(F)(F)F)C=CC=C(Oc4cc(C(=O)O)c(C(=O)O)c(C(F)(F)F)c4)C3)C2)cc(C(F)(F)F)c1C(=O)O. The Labute approximate surface area is 291 Å². The molecule has 2 aromatic rings. The molecule has 2 aromatic carbocycles. The fraction of sp³-hybridized carbons (Fsp3) is 0.250. The zero-order chi connectivity index (χ0) is 41.0. The first-order valence-electron chi connectivity index (χ1n) is 14.3. The standard InChI is InChI=1S/C32H18F12O10/c33-29(34,35)19-9-15(7-17(23(45)46)21(19)25(49)50)53-13-3-1-5-27(11-13,31(39,40)41)28(32(42,43)44)6-2-4-14(12-28)54-16-8-18(24(47)48)22(26(51)52)20(10-16)30(36,37)38/h1-10H,11-12H2,(H,45,46)(H,47,48)(H,49,50)(H,51,52). The second kappa shape index (κ2) is 13.5. The zero-order valence-corrected chi connectivity index (χ0v) is 26.0. The number of benzene rings is 2. The number of allylic oxidation sites excluding steroid dienone is 8. The number of carbonyl (C=O) groups is 4. The maximum Gasteiger partial charge on any atom is 0.417 e. The van der Waals surface area contributed by atoms with Gasteiger partial charge in [0.15, 0.2) is 0 Å². The Balaban J connectivity index is 1.84. The number of alkyl halides is 12. The highest BCUT2D eigenvalue weighted by Crippen LogP contribution is 2.66. The molecular weight excluding hydrogens is 772 g/mol. The van der Waals surface area contributed by atoms with Crippen molar-refractivity contribution < 1.29 is 102 Å². The van der Waals surface area contributed by atoms with Crippen LogP contribution in [0.4, 0.5) is 52.7 Å². The fourth-order valence-corrected chi connectivity index (χ4v) is 5.97. The topological polar surface area (TPSA) is 168 Å². The van der Waals surface area contributed by atoms with Gasteiger partial charge in [0.05, 0.1) is 33.4 Å². The van der Waals surface area contributed by atoms with Gasteiger partial charge >= 0.3 is 48.6 Å². The van der Waals surface area contributed by atoms with E-state index in [-0.39, 0.29) is 36.4 Å². The molecule has 4 N–H and O–H groups in total. The van der Waals surface area contributed by atoms with Crippen molar-refractivity contribution in [2.24, 2.45) is 10.8 Å². The lowest BCUT2D eigenvalue weighted by Crippen LogP contribution is -2.58. The summed E-state index contributed by atoms with van der Waals surface area (Å²) >= 11 is 0. The average molecular weight is 790 g/mol. The van der Waals surface area contributed by atoms with Gasteiger partial charge in [0.1, 0.15) is 33.8 Å². The summed E-state index contributed by atoms with van der Waals surface area (Å²) in [6.07, 6.45) is -24.9. The molecule has 0 saturated heterocycles. The molecule has 2 aliphatic rings. The third-order valence-corrected chi connectivity index (χ3v) is 8.26. The van der Waals surface area contributed by atoms with Crippen molar-refractivity contribution in [2.45, 2.75) is 37.5 Å². The van der Waals surface area contributed by atoms with Crippen molar-refractivity contribution in [1.29, 1.82) is 0 Å². The van der Waals surface area contributed by atoms with Crippen molar-refractivity contribution in [3.63, 3.8) is 0 Å². The van der Waals surface area contributed by atoms with Gasteiger partial charge < -0.3 is 29.9 Å². The minimum atomic E-state index is -5.96. The minimum Gasteiger partial charge on any atom is -0.478 e. The Hall–Kier alpha value is -5.96. The summed E-state index contributed by atoms with van der Waals surface area (Å²) in [6, 6.07) is 0.158. The molecule has 0 bridgehead atoms. The van der Waals surface area contributed by atoms with Crippen LogP contribution < -0.4 is 9.47 Å². The van der Waals surface area contributed by atoms with Gasteiger partial charge in [-0.2, -0.15) is 52.7 Å². The van der Waals surface area contributed by atoms with Crippen LogP contribution >= 0.6 is 0 Å². The van der Waals surface area contributed by atoms with E-state index < -0.39 is 129 Å². The number of rotatable bonds is 9. The third kappa shape index (κ3) is 7.31. The molecule has 0 aromatic heterocycles. The largest absolute Gasteiger partial charge is 0.478 e. The van der Waals surface area contributed by atoms with Crippen molar-refractivity contribution in [1.82, 2.24) is 0 Å². The Morgan fingerprint density at radius 1 is 0.519 bits per heavy atom. The summed E-state index contributed by atoms with van der Waals surface area (Å²) in [7, 11) is 0. The molecule has 0 aliphatic heterocycles. The Bertz CT molecular complexity index is 1910. The molecule has 2 unspecified atom stereocenters. The average Bonchev–Trinajstić information content (AvgIpc) is 3.02. The fourth-order valence-electron chi connectivity index (χ4n) is 5.97. The van der Waals surface area contributed by atoms with Crippen molar-refractivity contribution in [2.75, 3.05) is 0 Å². The quantitative estimate of drug-likeness (QED) is 0.180. The van der Waals surface area contributed by atoms with Crippen LogP contribution in [0.25, 0.3) is 0 Å². The number of halogens is 12. The van der Waals surface area contributed by atoms with Crippen LogP contribution in [0.15, 0.2) is 72.2 Å². The van der Waals surface area contributed by atoms with E-state index in [2.05, 4.69) is 0 Å². The van der Waals surface area contributed by atoms with Crippen LogP contribution in [0.1, 0.15) is 65.4 Å². The van der Waals surface area contributed by atoms with Gasteiger partial charge in [0, 0.05) is 12.8 Å². The van der Waals surface area contributed by atoms with Crippen molar-refractivity contribution in [3.05, 3.63) is 106 Å². The highest BCUT2D eigenvalue weighted by atomic mass is 19.4. The maximum absolute atomic E-state index is 15.1. The smallest absolute Gasteiger partial charge is 0.417 e. The highest BCUT2D eigenvalue weighted by Gasteiger charge is 2.74. The maximum atomic E-state index is 15.1. The third-order valence-electron chi connectivity index (χ3n) is 8.26. The van der Waals surface area contributed by atoms with Gasteiger partial charge in [-0.1, -0.05) is 24.3 Å². The minimum absolute atomic E-state index is 0.0178. The zero-order valence-electron chi connectivity index (χ0n) is 26.0. The molecular formula is C32H18F12O10. The lowest BCUT2D eigenvalue weighted by molar-refractivity contribution is -0.313. The summed E-state index contributed by atoms with van der Waals surface area (Å²) in [5, 5.41) is 37.2. The van der Waals surface area contributed by atoms with E-state index in [1.807, 2.05) is 0 Å². The predicted molar refractivity (Wildman–Crippen MR) is 153 cm³/mol. The predicted octanol–water partition coefficient (Wildman–Crippen LogP) is 8.76. The molecule has 0 fully saturated rings. The molecule has 2 atom stereocenters. The van der Waals surface area contributed by atoms with E-state index in [9.17, 15) is 65.9 Å². The Kier molecular flexibility index (Phi) is 10.2. The summed E-state index contributed by atoms with van der Waals surface area (Å²) in [5.41, 5.74) is -19.3. The number of carboxylic acid groups (broad SMARTS) is 4. The summed E-state index contributed by atoms with van der Waals surface area (Å²) in [6.45, 7) is 0.